The Hall–Kier alpha value is -2.11. The Morgan fingerprint density at radius 1 is 1.10 bits per heavy atom. The van der Waals surface area contributed by atoms with E-state index in [4.69, 9.17) is 5.26 Å². The molecule has 0 unspecified atom stereocenters. The first-order chi connectivity index (χ1) is 14.9. The fourth-order valence-electron chi connectivity index (χ4n) is 4.45. The predicted octanol–water partition coefficient (Wildman–Crippen LogP) is 7.89. The average molecular weight is 421 g/mol. The quantitative estimate of drug-likeness (QED) is 0.453. The number of aryl methyl sites for hydroxylation is 2. The van der Waals surface area contributed by atoms with Gasteiger partial charge in [0.2, 0.25) is 0 Å². The van der Waals surface area contributed by atoms with Crippen LogP contribution in [0.15, 0.2) is 49.6 Å². The van der Waals surface area contributed by atoms with Gasteiger partial charge in [-0.3, -0.25) is 4.90 Å². The highest BCUT2D eigenvalue weighted by Crippen LogP contribution is 2.31. The molecule has 0 aromatic heterocycles. The molecule has 1 aliphatic heterocycles. The summed E-state index contributed by atoms with van der Waals surface area (Å²) in [4.78, 5) is 2.66. The number of hydrogen-bond acceptors (Lipinski definition) is 2. The van der Waals surface area contributed by atoms with E-state index >= 15 is 0 Å². The zero-order valence-electron chi connectivity index (χ0n) is 20.6. The van der Waals surface area contributed by atoms with Crippen molar-refractivity contribution in [3.63, 3.8) is 0 Å². The van der Waals surface area contributed by atoms with Gasteiger partial charge in [-0.15, -0.1) is 13.2 Å². The topological polar surface area (TPSA) is 27.0 Å². The SMILES string of the molecule is C=C.C=C(C)CC#N.Cc1cc(C)cc(C2=CCN(CCC3CCC(C)CC3)CC2)c1. The third-order valence-electron chi connectivity index (χ3n) is 6.26. The third-order valence-corrected chi connectivity index (χ3v) is 6.26. The molecule has 0 spiro atoms. The lowest BCUT2D eigenvalue weighted by atomic mass is 9.81. The van der Waals surface area contributed by atoms with Crippen molar-refractivity contribution in [2.45, 2.75) is 72.6 Å². The van der Waals surface area contributed by atoms with Crippen molar-refractivity contribution in [1.29, 1.82) is 5.26 Å². The summed E-state index contributed by atoms with van der Waals surface area (Å²) in [6.45, 7) is 21.9. The van der Waals surface area contributed by atoms with Crippen LogP contribution in [0.25, 0.3) is 5.57 Å². The molecule has 0 N–H and O–H groups in total. The summed E-state index contributed by atoms with van der Waals surface area (Å²) in [5.41, 5.74) is 6.70. The molecular formula is C29H44N2. The maximum atomic E-state index is 7.93. The van der Waals surface area contributed by atoms with Crippen LogP contribution in [0.5, 0.6) is 0 Å². The van der Waals surface area contributed by atoms with E-state index in [0.717, 1.165) is 24.0 Å². The van der Waals surface area contributed by atoms with E-state index in [-0.39, 0.29) is 0 Å². The Morgan fingerprint density at radius 2 is 1.71 bits per heavy atom. The molecule has 1 heterocycles. The maximum Gasteiger partial charge on any atom is 0.0665 e. The fourth-order valence-corrected chi connectivity index (χ4v) is 4.45. The zero-order valence-corrected chi connectivity index (χ0v) is 20.6. The lowest BCUT2D eigenvalue weighted by Gasteiger charge is -2.30. The second-order valence-corrected chi connectivity index (χ2v) is 9.36. The molecule has 2 heteroatoms. The van der Waals surface area contributed by atoms with Crippen molar-refractivity contribution in [3.8, 4) is 6.07 Å². The number of nitrogens with zero attached hydrogens (tertiary/aromatic N) is 2. The first-order valence-electron chi connectivity index (χ1n) is 11.9. The normalized spacial score (nSPS) is 20.8. The number of allylic oxidation sites excluding steroid dienone is 1. The third kappa shape index (κ3) is 10.7. The van der Waals surface area contributed by atoms with Gasteiger partial charge in [0.25, 0.3) is 0 Å². The Morgan fingerprint density at radius 3 is 2.16 bits per heavy atom. The van der Waals surface area contributed by atoms with Crippen LogP contribution in [0, 0.1) is 37.0 Å². The van der Waals surface area contributed by atoms with E-state index < -0.39 is 0 Å². The first-order valence-corrected chi connectivity index (χ1v) is 11.9. The largest absolute Gasteiger partial charge is 0.299 e. The molecule has 0 radical (unpaired) electrons. The summed E-state index contributed by atoms with van der Waals surface area (Å²) < 4.78 is 0. The van der Waals surface area contributed by atoms with Gasteiger partial charge in [-0.1, -0.05) is 80.2 Å². The molecule has 0 saturated heterocycles. The molecule has 2 aliphatic rings. The molecule has 1 aromatic carbocycles. The number of benzene rings is 1. The second kappa shape index (κ2) is 14.8. The van der Waals surface area contributed by atoms with Gasteiger partial charge >= 0.3 is 0 Å². The summed E-state index contributed by atoms with van der Waals surface area (Å²) in [5, 5.41) is 7.93. The molecule has 1 aliphatic carbocycles. The molecule has 2 nitrogen and oxygen atoms in total. The van der Waals surface area contributed by atoms with Crippen LogP contribution < -0.4 is 0 Å². The van der Waals surface area contributed by atoms with E-state index in [1.165, 1.54) is 68.3 Å². The van der Waals surface area contributed by atoms with E-state index in [9.17, 15) is 0 Å². The Labute approximate surface area is 192 Å². The minimum Gasteiger partial charge on any atom is -0.299 e. The molecular weight excluding hydrogens is 376 g/mol. The van der Waals surface area contributed by atoms with Crippen molar-refractivity contribution in [2.24, 2.45) is 11.8 Å². The van der Waals surface area contributed by atoms with Gasteiger partial charge in [-0.2, -0.15) is 5.26 Å². The zero-order chi connectivity index (χ0) is 23.2. The van der Waals surface area contributed by atoms with Crippen LogP contribution in [0.1, 0.15) is 75.5 Å². The molecule has 1 aromatic rings. The highest BCUT2D eigenvalue weighted by molar-refractivity contribution is 5.67. The van der Waals surface area contributed by atoms with Gasteiger partial charge in [-0.25, -0.2) is 0 Å². The van der Waals surface area contributed by atoms with E-state index in [1.807, 2.05) is 13.0 Å². The van der Waals surface area contributed by atoms with Crippen molar-refractivity contribution in [3.05, 3.63) is 66.3 Å². The van der Waals surface area contributed by atoms with Gasteiger partial charge < -0.3 is 0 Å². The van der Waals surface area contributed by atoms with Gasteiger partial charge in [0.1, 0.15) is 0 Å². The molecule has 0 atom stereocenters. The van der Waals surface area contributed by atoms with E-state index in [2.05, 4.69) is 69.7 Å². The monoisotopic (exact) mass is 420 g/mol. The van der Waals surface area contributed by atoms with Crippen LogP contribution in [0.4, 0.5) is 0 Å². The van der Waals surface area contributed by atoms with Gasteiger partial charge in [0.15, 0.2) is 0 Å². The second-order valence-electron chi connectivity index (χ2n) is 9.36. The van der Waals surface area contributed by atoms with Crippen molar-refractivity contribution >= 4 is 5.57 Å². The summed E-state index contributed by atoms with van der Waals surface area (Å²) in [6.07, 6.45) is 11.4. The molecule has 0 amide bonds. The summed E-state index contributed by atoms with van der Waals surface area (Å²) in [6, 6.07) is 8.93. The minimum atomic E-state index is 0.486. The summed E-state index contributed by atoms with van der Waals surface area (Å²) >= 11 is 0. The van der Waals surface area contributed by atoms with Crippen LogP contribution in [0.2, 0.25) is 0 Å². The Balaban J connectivity index is 0.000000521. The van der Waals surface area contributed by atoms with Crippen LogP contribution in [0.3, 0.4) is 0 Å². The average Bonchev–Trinajstić information content (AvgIpc) is 2.75. The van der Waals surface area contributed by atoms with Crippen molar-refractivity contribution in [2.75, 3.05) is 19.6 Å². The highest BCUT2D eigenvalue weighted by atomic mass is 15.1. The van der Waals surface area contributed by atoms with Gasteiger partial charge in [-0.05, 0) is 63.1 Å². The maximum absolute atomic E-state index is 7.93. The number of rotatable bonds is 5. The van der Waals surface area contributed by atoms with Crippen LogP contribution in [-0.2, 0) is 0 Å². The lowest BCUT2D eigenvalue weighted by Crippen LogP contribution is -2.31. The van der Waals surface area contributed by atoms with Crippen LogP contribution >= 0.6 is 0 Å². The molecule has 31 heavy (non-hydrogen) atoms. The van der Waals surface area contributed by atoms with Gasteiger partial charge in [0.05, 0.1) is 12.5 Å². The van der Waals surface area contributed by atoms with E-state index in [0.29, 0.717) is 6.42 Å². The molecule has 170 valence electrons. The fraction of sp³-hybridized carbons (Fsp3) is 0.552. The Kier molecular flexibility index (Phi) is 12.9. The highest BCUT2D eigenvalue weighted by Gasteiger charge is 2.20. The minimum absolute atomic E-state index is 0.486. The Bertz CT molecular complexity index is 724. The standard InChI is InChI=1S/C22H33N.C5H7N.C2H4/c1-17-4-6-20(7-5-17)8-11-23-12-9-21(10-13-23)22-15-18(2)14-19(3)16-22;1-5(2)3-4-6;1-2/h9,14-17,20H,4-8,10-13H2,1-3H3;1,3H2,2H3;1-2H2. The number of nitriles is 1. The molecule has 3 rings (SSSR count). The van der Waals surface area contributed by atoms with Crippen molar-refractivity contribution < 1.29 is 0 Å². The number of hydrogen-bond donors (Lipinski definition) is 0. The van der Waals surface area contributed by atoms with Crippen molar-refractivity contribution in [1.82, 2.24) is 4.90 Å². The molecule has 1 fully saturated rings. The lowest BCUT2D eigenvalue weighted by molar-refractivity contribution is 0.227. The van der Waals surface area contributed by atoms with Gasteiger partial charge in [0, 0.05) is 13.1 Å². The molecule has 1 saturated carbocycles. The summed E-state index contributed by atoms with van der Waals surface area (Å²) in [5.74, 6) is 1.97. The summed E-state index contributed by atoms with van der Waals surface area (Å²) in [7, 11) is 0. The van der Waals surface area contributed by atoms with E-state index in [1.54, 1.807) is 5.57 Å². The van der Waals surface area contributed by atoms with Crippen LogP contribution in [-0.4, -0.2) is 24.5 Å². The predicted molar refractivity (Wildman–Crippen MR) is 137 cm³/mol. The molecule has 0 bridgehead atoms. The smallest absolute Gasteiger partial charge is 0.0665 e. The first kappa shape index (κ1) is 26.9.